The Hall–Kier alpha value is -2.04. The first-order valence-corrected chi connectivity index (χ1v) is 7.25. The van der Waals surface area contributed by atoms with E-state index in [1.165, 1.54) is 0 Å². The van der Waals surface area contributed by atoms with Crippen molar-refractivity contribution in [1.82, 2.24) is 10.6 Å². The van der Waals surface area contributed by atoms with E-state index in [-0.39, 0.29) is 6.04 Å². The van der Waals surface area contributed by atoms with Crippen LogP contribution in [0.2, 0.25) is 0 Å². The number of carbonyl (C=O) groups is 2. The summed E-state index contributed by atoms with van der Waals surface area (Å²) in [5, 5.41) is 14.5. The minimum absolute atomic E-state index is 0.0117. The maximum atomic E-state index is 11.9. The van der Waals surface area contributed by atoms with E-state index in [9.17, 15) is 14.7 Å². The Morgan fingerprint density at radius 2 is 1.67 bits per heavy atom. The molecule has 1 aromatic rings. The third-order valence-electron chi connectivity index (χ3n) is 3.21. The minimum Gasteiger partial charge on any atom is -0.479 e. The molecule has 21 heavy (non-hydrogen) atoms. The zero-order valence-corrected chi connectivity index (χ0v) is 12.8. The molecule has 0 bridgehead atoms. The zero-order chi connectivity index (χ0) is 15.8. The van der Waals surface area contributed by atoms with Crippen molar-refractivity contribution in [2.24, 2.45) is 5.92 Å². The van der Waals surface area contributed by atoms with Gasteiger partial charge in [0.1, 0.15) is 0 Å². The van der Waals surface area contributed by atoms with Crippen molar-refractivity contribution in [3.63, 3.8) is 0 Å². The Kier molecular flexibility index (Phi) is 6.72. The molecule has 0 aromatic heterocycles. The van der Waals surface area contributed by atoms with Crippen LogP contribution in [-0.4, -0.2) is 23.1 Å². The highest BCUT2D eigenvalue weighted by Crippen LogP contribution is 2.12. The molecule has 3 N–H and O–H groups in total. The number of carboxylic acid groups (broad SMARTS) is 1. The average Bonchev–Trinajstić information content (AvgIpc) is 2.43. The molecule has 0 fully saturated rings. The van der Waals surface area contributed by atoms with Gasteiger partial charge in [0.2, 0.25) is 0 Å². The third kappa shape index (κ3) is 6.29. The molecule has 5 heteroatoms. The maximum absolute atomic E-state index is 11.9. The molecule has 0 heterocycles. The van der Waals surface area contributed by atoms with Gasteiger partial charge in [-0.1, -0.05) is 44.2 Å². The summed E-state index contributed by atoms with van der Waals surface area (Å²) in [6, 6.07) is 7.18. The Labute approximate surface area is 125 Å². The highest BCUT2D eigenvalue weighted by molar-refractivity contribution is 5.83. The fraction of sp³-hybridized carbons (Fsp3) is 0.500. The van der Waals surface area contributed by atoms with Crippen LogP contribution in [0.25, 0.3) is 0 Å². The molecule has 0 aliphatic rings. The number of hydrogen-bond donors (Lipinski definition) is 3. The fourth-order valence-electron chi connectivity index (χ4n) is 1.99. The summed E-state index contributed by atoms with van der Waals surface area (Å²) in [5.41, 5.74) is 0.551. The first-order valence-electron chi connectivity index (χ1n) is 7.25. The maximum Gasteiger partial charge on any atom is 0.330 e. The van der Waals surface area contributed by atoms with Crippen LogP contribution < -0.4 is 10.6 Å². The molecule has 0 aliphatic carbocycles. The molecule has 1 rings (SSSR count). The van der Waals surface area contributed by atoms with Crippen molar-refractivity contribution < 1.29 is 14.7 Å². The molecule has 0 aliphatic heterocycles. The smallest absolute Gasteiger partial charge is 0.330 e. The van der Waals surface area contributed by atoms with Crippen LogP contribution >= 0.6 is 0 Å². The van der Waals surface area contributed by atoms with Crippen LogP contribution in [0.15, 0.2) is 30.3 Å². The van der Waals surface area contributed by atoms with Crippen LogP contribution in [-0.2, 0) is 4.79 Å². The van der Waals surface area contributed by atoms with Gasteiger partial charge in [0.15, 0.2) is 6.04 Å². The molecule has 0 radical (unpaired) electrons. The fourth-order valence-corrected chi connectivity index (χ4v) is 1.99. The second-order valence-corrected chi connectivity index (χ2v) is 5.67. The van der Waals surface area contributed by atoms with Gasteiger partial charge in [0.25, 0.3) is 0 Å². The summed E-state index contributed by atoms with van der Waals surface area (Å²) in [6.45, 7) is 6.17. The van der Waals surface area contributed by atoms with Crippen LogP contribution in [0.1, 0.15) is 45.2 Å². The Morgan fingerprint density at radius 1 is 1.05 bits per heavy atom. The topological polar surface area (TPSA) is 78.4 Å². The number of carboxylic acids is 1. The number of amides is 2. The quantitative estimate of drug-likeness (QED) is 0.723. The number of carbonyl (C=O) groups excluding carboxylic acids is 1. The van der Waals surface area contributed by atoms with Crippen LogP contribution in [0.4, 0.5) is 4.79 Å². The van der Waals surface area contributed by atoms with Gasteiger partial charge in [-0.15, -0.1) is 0 Å². The summed E-state index contributed by atoms with van der Waals surface area (Å²) in [4.78, 5) is 23.2. The van der Waals surface area contributed by atoms with Crippen molar-refractivity contribution in [1.29, 1.82) is 0 Å². The van der Waals surface area contributed by atoms with E-state index in [2.05, 4.69) is 24.5 Å². The van der Waals surface area contributed by atoms with E-state index in [1.54, 1.807) is 30.3 Å². The molecule has 0 saturated carbocycles. The van der Waals surface area contributed by atoms with Gasteiger partial charge in [-0.3, -0.25) is 0 Å². The normalized spacial score (nSPS) is 13.5. The number of aliphatic carboxylic acids is 1. The Bertz CT molecular complexity index is 460. The number of benzene rings is 1. The standard InChI is InChI=1S/C16H24N2O3/c1-11(2)9-10-12(3)17-16(21)18-14(15(19)20)13-7-5-4-6-8-13/h4-8,11-12,14H,9-10H2,1-3H3,(H,19,20)(H2,17,18,21)/t12?,14-/m1/s1. The molecule has 1 aromatic carbocycles. The van der Waals surface area contributed by atoms with E-state index < -0.39 is 18.0 Å². The van der Waals surface area contributed by atoms with Crippen molar-refractivity contribution in [2.75, 3.05) is 0 Å². The molecular formula is C16H24N2O3. The highest BCUT2D eigenvalue weighted by Gasteiger charge is 2.22. The van der Waals surface area contributed by atoms with Crippen molar-refractivity contribution in [3.05, 3.63) is 35.9 Å². The summed E-state index contributed by atoms with van der Waals surface area (Å²) in [5.74, 6) is -0.500. The van der Waals surface area contributed by atoms with Gasteiger partial charge in [0.05, 0.1) is 0 Å². The Balaban J connectivity index is 2.56. The molecule has 2 atom stereocenters. The van der Waals surface area contributed by atoms with Gasteiger partial charge in [-0.05, 0) is 31.2 Å². The van der Waals surface area contributed by atoms with E-state index in [4.69, 9.17) is 0 Å². The first kappa shape index (κ1) is 17.0. The third-order valence-corrected chi connectivity index (χ3v) is 3.21. The zero-order valence-electron chi connectivity index (χ0n) is 12.8. The summed E-state index contributed by atoms with van der Waals surface area (Å²) in [6.07, 6.45) is 1.89. The van der Waals surface area contributed by atoms with Crippen LogP contribution in [0, 0.1) is 5.92 Å². The van der Waals surface area contributed by atoms with E-state index in [0.29, 0.717) is 11.5 Å². The molecule has 0 saturated heterocycles. The average molecular weight is 292 g/mol. The molecule has 2 amide bonds. The van der Waals surface area contributed by atoms with Crippen molar-refractivity contribution in [2.45, 2.75) is 45.7 Å². The monoisotopic (exact) mass is 292 g/mol. The molecule has 0 spiro atoms. The van der Waals surface area contributed by atoms with Crippen molar-refractivity contribution >= 4 is 12.0 Å². The summed E-state index contributed by atoms with van der Waals surface area (Å²) >= 11 is 0. The predicted molar refractivity (Wildman–Crippen MR) is 82.0 cm³/mol. The van der Waals surface area contributed by atoms with Crippen LogP contribution in [0.3, 0.4) is 0 Å². The molecule has 116 valence electrons. The lowest BCUT2D eigenvalue weighted by Gasteiger charge is -2.19. The van der Waals surface area contributed by atoms with Crippen LogP contribution in [0.5, 0.6) is 0 Å². The molecular weight excluding hydrogens is 268 g/mol. The minimum atomic E-state index is -1.08. The van der Waals surface area contributed by atoms with E-state index >= 15 is 0 Å². The molecule has 5 nitrogen and oxygen atoms in total. The number of rotatable bonds is 7. The predicted octanol–water partition coefficient (Wildman–Crippen LogP) is 2.94. The van der Waals surface area contributed by atoms with Gasteiger partial charge in [0, 0.05) is 6.04 Å². The van der Waals surface area contributed by atoms with E-state index in [0.717, 1.165) is 12.8 Å². The van der Waals surface area contributed by atoms with Crippen molar-refractivity contribution in [3.8, 4) is 0 Å². The van der Waals surface area contributed by atoms with Gasteiger partial charge in [-0.2, -0.15) is 0 Å². The van der Waals surface area contributed by atoms with E-state index in [1.807, 2.05) is 6.92 Å². The first-order chi connectivity index (χ1) is 9.90. The van der Waals surface area contributed by atoms with Gasteiger partial charge >= 0.3 is 12.0 Å². The lowest BCUT2D eigenvalue weighted by Crippen LogP contribution is -2.44. The second kappa shape index (κ2) is 8.29. The van der Waals surface area contributed by atoms with Gasteiger partial charge < -0.3 is 15.7 Å². The number of hydrogen-bond acceptors (Lipinski definition) is 2. The lowest BCUT2D eigenvalue weighted by atomic mass is 10.0. The summed E-state index contributed by atoms with van der Waals surface area (Å²) < 4.78 is 0. The number of nitrogens with one attached hydrogen (secondary N) is 2. The highest BCUT2D eigenvalue weighted by atomic mass is 16.4. The SMILES string of the molecule is CC(C)CCC(C)NC(=O)N[C@@H](C(=O)O)c1ccccc1. The Morgan fingerprint density at radius 3 is 2.19 bits per heavy atom. The number of urea groups is 1. The van der Waals surface area contributed by atoms with Gasteiger partial charge in [-0.25, -0.2) is 9.59 Å². The summed E-state index contributed by atoms with van der Waals surface area (Å²) in [7, 11) is 0. The molecule has 1 unspecified atom stereocenters. The largest absolute Gasteiger partial charge is 0.479 e. The lowest BCUT2D eigenvalue weighted by molar-refractivity contribution is -0.139. The second-order valence-electron chi connectivity index (χ2n) is 5.67.